The zero-order valence-corrected chi connectivity index (χ0v) is 8.40. The normalized spacial score (nSPS) is 10.4. The van der Waals surface area contributed by atoms with Crippen LogP contribution in [0.5, 0.6) is 11.8 Å². The maximum absolute atomic E-state index is 9.09. The minimum Gasteiger partial charge on any atom is -0.493 e. The van der Waals surface area contributed by atoms with Crippen LogP contribution in [0.4, 0.5) is 0 Å². The number of hydrogen-bond donors (Lipinski definition) is 2. The van der Waals surface area contributed by atoms with Crippen LogP contribution in [0.1, 0.15) is 38.4 Å². The summed E-state index contributed by atoms with van der Waals surface area (Å²) in [6.45, 7) is 2.15. The molecule has 0 unspecified atom stereocenters. The van der Waals surface area contributed by atoms with Crippen molar-refractivity contribution < 1.29 is 10.2 Å². The summed E-state index contributed by atoms with van der Waals surface area (Å²) in [5.74, 6) is 0.185. The molecule has 0 aliphatic heterocycles. The maximum atomic E-state index is 9.09. The molecule has 0 aliphatic carbocycles. The van der Waals surface area contributed by atoms with E-state index in [1.54, 1.807) is 0 Å². The zero-order chi connectivity index (χ0) is 10.4. The summed E-state index contributed by atoms with van der Waals surface area (Å²) in [5.41, 5.74) is 0. The van der Waals surface area contributed by atoms with E-state index in [0.717, 1.165) is 18.9 Å². The highest BCUT2D eigenvalue weighted by Crippen LogP contribution is 2.13. The summed E-state index contributed by atoms with van der Waals surface area (Å²) in [5, 5.41) is 18.2. The first-order valence-corrected chi connectivity index (χ1v) is 4.98. The zero-order valence-electron chi connectivity index (χ0n) is 8.40. The molecule has 0 radical (unpaired) electrons. The Bertz CT molecular complexity index is 269. The van der Waals surface area contributed by atoms with Crippen molar-refractivity contribution in [3.05, 3.63) is 11.9 Å². The van der Waals surface area contributed by atoms with Crippen LogP contribution in [-0.4, -0.2) is 20.2 Å². The molecule has 0 aromatic carbocycles. The molecule has 4 heteroatoms. The molecule has 0 atom stereocenters. The number of unbranched alkanes of at least 4 members (excludes halogenated alkanes) is 3. The monoisotopic (exact) mass is 196 g/mol. The highest BCUT2D eigenvalue weighted by atomic mass is 16.3. The van der Waals surface area contributed by atoms with Gasteiger partial charge in [-0.2, -0.15) is 9.97 Å². The van der Waals surface area contributed by atoms with Crippen molar-refractivity contribution in [2.24, 2.45) is 0 Å². The Morgan fingerprint density at radius 2 is 1.71 bits per heavy atom. The molecule has 1 rings (SSSR count). The van der Waals surface area contributed by atoms with Crippen LogP contribution in [-0.2, 0) is 6.42 Å². The Morgan fingerprint density at radius 1 is 1.07 bits per heavy atom. The van der Waals surface area contributed by atoms with Crippen molar-refractivity contribution in [3.63, 3.8) is 0 Å². The lowest BCUT2D eigenvalue weighted by Gasteiger charge is -2.00. The van der Waals surface area contributed by atoms with E-state index in [1.165, 1.54) is 12.8 Å². The lowest BCUT2D eigenvalue weighted by atomic mass is 10.1. The largest absolute Gasteiger partial charge is 0.493 e. The summed E-state index contributed by atoms with van der Waals surface area (Å²) in [7, 11) is 0. The van der Waals surface area contributed by atoms with Crippen LogP contribution in [0, 0.1) is 0 Å². The highest BCUT2D eigenvalue weighted by Gasteiger charge is 2.01. The van der Waals surface area contributed by atoms with E-state index < -0.39 is 0 Å². The molecular formula is C10H16N2O2. The maximum Gasteiger partial charge on any atom is 0.217 e. The predicted molar refractivity (Wildman–Crippen MR) is 53.2 cm³/mol. The molecule has 1 aromatic heterocycles. The molecule has 0 bridgehead atoms. The smallest absolute Gasteiger partial charge is 0.217 e. The van der Waals surface area contributed by atoms with Gasteiger partial charge in [-0.3, -0.25) is 0 Å². The van der Waals surface area contributed by atoms with Gasteiger partial charge in [0.15, 0.2) is 0 Å². The summed E-state index contributed by atoms with van der Waals surface area (Å²) in [6, 6.07) is 1.13. The van der Waals surface area contributed by atoms with Crippen molar-refractivity contribution in [2.45, 2.75) is 39.0 Å². The molecule has 0 saturated heterocycles. The first kappa shape index (κ1) is 10.8. The van der Waals surface area contributed by atoms with Gasteiger partial charge in [-0.05, 0) is 6.42 Å². The molecule has 0 fully saturated rings. The van der Waals surface area contributed by atoms with E-state index >= 15 is 0 Å². The molecule has 1 aromatic rings. The first-order valence-electron chi connectivity index (χ1n) is 4.98. The average Bonchev–Trinajstić information content (AvgIpc) is 2.11. The van der Waals surface area contributed by atoms with Gasteiger partial charge in [-0.15, -0.1) is 0 Å². The second kappa shape index (κ2) is 5.42. The summed E-state index contributed by atoms with van der Waals surface area (Å²) in [6.07, 6.45) is 5.23. The minimum absolute atomic E-state index is 0.164. The summed E-state index contributed by atoms with van der Waals surface area (Å²) < 4.78 is 0. The second-order valence-corrected chi connectivity index (χ2v) is 3.31. The third kappa shape index (κ3) is 3.60. The molecule has 4 nitrogen and oxygen atoms in total. The van der Waals surface area contributed by atoms with Gasteiger partial charge in [0.1, 0.15) is 5.82 Å². The van der Waals surface area contributed by atoms with Crippen LogP contribution >= 0.6 is 0 Å². The third-order valence-corrected chi connectivity index (χ3v) is 2.00. The lowest BCUT2D eigenvalue weighted by Crippen LogP contribution is -1.94. The van der Waals surface area contributed by atoms with E-state index in [4.69, 9.17) is 10.2 Å². The van der Waals surface area contributed by atoms with Crippen LogP contribution in [0.2, 0.25) is 0 Å². The fourth-order valence-electron chi connectivity index (χ4n) is 1.29. The van der Waals surface area contributed by atoms with Gasteiger partial charge in [0.2, 0.25) is 11.8 Å². The van der Waals surface area contributed by atoms with E-state index in [0.29, 0.717) is 12.2 Å². The van der Waals surface area contributed by atoms with Crippen molar-refractivity contribution in [1.29, 1.82) is 0 Å². The van der Waals surface area contributed by atoms with Gasteiger partial charge in [0, 0.05) is 6.42 Å². The first-order chi connectivity index (χ1) is 6.72. The van der Waals surface area contributed by atoms with Crippen LogP contribution < -0.4 is 0 Å². The average molecular weight is 196 g/mol. The molecule has 2 N–H and O–H groups in total. The Balaban J connectivity index is 2.42. The number of aromatic nitrogens is 2. The van der Waals surface area contributed by atoms with E-state index in [2.05, 4.69) is 16.9 Å². The topological polar surface area (TPSA) is 66.2 Å². The molecule has 0 spiro atoms. The number of nitrogens with zero attached hydrogens (tertiary/aromatic N) is 2. The van der Waals surface area contributed by atoms with Crippen molar-refractivity contribution in [3.8, 4) is 11.8 Å². The molecule has 0 aliphatic rings. The van der Waals surface area contributed by atoms with Crippen molar-refractivity contribution >= 4 is 0 Å². The summed E-state index contributed by atoms with van der Waals surface area (Å²) >= 11 is 0. The fourth-order valence-corrected chi connectivity index (χ4v) is 1.29. The molecule has 1 heterocycles. The molecular weight excluding hydrogens is 180 g/mol. The van der Waals surface area contributed by atoms with Crippen LogP contribution in [0.15, 0.2) is 6.07 Å². The number of rotatable bonds is 5. The van der Waals surface area contributed by atoms with Gasteiger partial charge in [0.25, 0.3) is 0 Å². The molecule has 14 heavy (non-hydrogen) atoms. The van der Waals surface area contributed by atoms with Gasteiger partial charge < -0.3 is 10.2 Å². The van der Waals surface area contributed by atoms with Crippen LogP contribution in [0.25, 0.3) is 0 Å². The second-order valence-electron chi connectivity index (χ2n) is 3.31. The quantitative estimate of drug-likeness (QED) is 0.707. The van der Waals surface area contributed by atoms with E-state index in [1.807, 2.05) is 0 Å². The predicted octanol–water partition coefficient (Wildman–Crippen LogP) is 2.01. The van der Waals surface area contributed by atoms with Crippen molar-refractivity contribution in [2.75, 3.05) is 0 Å². The van der Waals surface area contributed by atoms with Crippen molar-refractivity contribution in [1.82, 2.24) is 9.97 Å². The van der Waals surface area contributed by atoms with E-state index in [9.17, 15) is 0 Å². The van der Waals surface area contributed by atoms with Crippen LogP contribution in [0.3, 0.4) is 0 Å². The lowest BCUT2D eigenvalue weighted by molar-refractivity contribution is 0.415. The minimum atomic E-state index is -0.164. The highest BCUT2D eigenvalue weighted by molar-refractivity contribution is 5.18. The summed E-state index contributed by atoms with van der Waals surface area (Å²) in [4.78, 5) is 7.63. The standard InChI is InChI=1S/C10H16N2O2/c1-2-3-4-5-6-8-11-9(13)7-10(14)12-8/h7H,2-6H2,1H3,(H2,11,12,13,14). The Morgan fingerprint density at radius 3 is 2.29 bits per heavy atom. The Hall–Kier alpha value is -1.32. The Kier molecular flexibility index (Phi) is 4.16. The third-order valence-electron chi connectivity index (χ3n) is 2.00. The van der Waals surface area contributed by atoms with Gasteiger partial charge in [0.05, 0.1) is 6.07 Å². The molecule has 78 valence electrons. The van der Waals surface area contributed by atoms with Gasteiger partial charge >= 0.3 is 0 Å². The molecule has 0 saturated carbocycles. The SMILES string of the molecule is CCCCCCc1nc(O)cc(O)n1. The van der Waals surface area contributed by atoms with Gasteiger partial charge in [-0.25, -0.2) is 0 Å². The Labute approximate surface area is 83.6 Å². The fraction of sp³-hybridized carbons (Fsp3) is 0.600. The number of hydrogen-bond acceptors (Lipinski definition) is 4. The van der Waals surface area contributed by atoms with Gasteiger partial charge in [-0.1, -0.05) is 26.2 Å². The van der Waals surface area contributed by atoms with E-state index in [-0.39, 0.29) is 11.8 Å². The number of aromatic hydroxyl groups is 2. The molecule has 0 amide bonds. The number of aryl methyl sites for hydroxylation is 1.